The molecule has 0 saturated heterocycles. The molecule has 0 saturated carbocycles. The molecule has 0 fully saturated rings. The number of hydrogen-bond acceptors (Lipinski definition) is 1. The summed E-state index contributed by atoms with van der Waals surface area (Å²) < 4.78 is 0. The molecule has 0 spiro atoms. The lowest BCUT2D eigenvalue weighted by molar-refractivity contribution is -0.112. The smallest absolute Gasteiger partial charge is 0.327 e. The summed E-state index contributed by atoms with van der Waals surface area (Å²) in [4.78, 5) is 13.2. The van der Waals surface area contributed by atoms with E-state index in [4.69, 9.17) is 5.53 Å². The van der Waals surface area contributed by atoms with Crippen molar-refractivity contribution in [2.24, 2.45) is 0 Å². The van der Waals surface area contributed by atoms with Crippen LogP contribution in [0, 0.1) is 0 Å². The highest BCUT2D eigenvalue weighted by Gasteiger charge is 2.01. The third-order valence-electron chi connectivity index (χ3n) is 0.997. The Morgan fingerprint density at radius 2 is 2.22 bits per heavy atom. The van der Waals surface area contributed by atoms with Crippen LogP contribution >= 0.6 is 0 Å². The number of allylic oxidation sites excluding steroid dienone is 2. The van der Waals surface area contributed by atoms with Gasteiger partial charge in [-0.25, -0.2) is 0 Å². The van der Waals surface area contributed by atoms with Crippen molar-refractivity contribution < 1.29 is 9.58 Å². The second-order valence-corrected chi connectivity index (χ2v) is 1.58. The second kappa shape index (κ2) is 3.75. The van der Waals surface area contributed by atoms with Crippen LogP contribution in [0.25, 0.3) is 5.53 Å². The largest absolute Gasteiger partial charge is 0.361 e. The Labute approximate surface area is 53.6 Å². The van der Waals surface area contributed by atoms with Gasteiger partial charge in [0.25, 0.3) is 5.78 Å². The molecule has 0 rings (SSSR count). The summed E-state index contributed by atoms with van der Waals surface area (Å²) in [5.74, 6) is -0.264. The van der Waals surface area contributed by atoms with E-state index in [9.17, 15) is 4.79 Å². The normalized spacial score (nSPS) is 10.2. The zero-order valence-corrected chi connectivity index (χ0v) is 5.46. The van der Waals surface area contributed by atoms with Crippen LogP contribution in [0.2, 0.25) is 0 Å². The van der Waals surface area contributed by atoms with Crippen molar-refractivity contribution in [3.63, 3.8) is 0 Å². The van der Waals surface area contributed by atoms with Gasteiger partial charge in [-0.3, -0.25) is 4.79 Å². The van der Waals surface area contributed by atoms with E-state index in [1.54, 1.807) is 19.9 Å². The van der Waals surface area contributed by atoms with E-state index in [0.717, 1.165) is 6.21 Å². The molecule has 3 heteroatoms. The van der Waals surface area contributed by atoms with Gasteiger partial charge in [0.05, 0.1) is 0 Å². The molecule has 0 aromatic rings. The Balaban J connectivity index is 4.22. The fraction of sp³-hybridized carbons (Fsp3) is 0.333. The SMILES string of the molecule is C/C=C(\C)C(=O)C=[N+]=[N-]. The van der Waals surface area contributed by atoms with Crippen LogP contribution < -0.4 is 0 Å². The number of hydrogen-bond donors (Lipinski definition) is 0. The number of Topliss-reactive ketones (excluding diaryl/α,β-unsaturated/α-hetero) is 1. The third kappa shape index (κ3) is 2.57. The zero-order valence-electron chi connectivity index (χ0n) is 5.46. The van der Waals surface area contributed by atoms with E-state index in [1.165, 1.54) is 0 Å². The van der Waals surface area contributed by atoms with Crippen molar-refractivity contribution in [1.29, 1.82) is 0 Å². The summed E-state index contributed by atoms with van der Waals surface area (Å²) in [7, 11) is 0. The molecule has 0 aliphatic carbocycles. The van der Waals surface area contributed by atoms with Crippen LogP contribution in [0.1, 0.15) is 13.8 Å². The number of rotatable bonds is 2. The fourth-order valence-electron chi connectivity index (χ4n) is 0.297. The number of carbonyl (C=O) groups excluding carboxylic acids is 1. The molecular weight excluding hydrogens is 116 g/mol. The van der Waals surface area contributed by atoms with Gasteiger partial charge in [0.15, 0.2) is 0 Å². The van der Waals surface area contributed by atoms with Crippen molar-refractivity contribution in [1.82, 2.24) is 0 Å². The Morgan fingerprint density at radius 1 is 1.67 bits per heavy atom. The predicted molar refractivity (Wildman–Crippen MR) is 34.1 cm³/mol. The van der Waals surface area contributed by atoms with Crippen LogP contribution in [0.5, 0.6) is 0 Å². The van der Waals surface area contributed by atoms with Gasteiger partial charge in [-0.1, -0.05) is 6.08 Å². The summed E-state index contributed by atoms with van der Waals surface area (Å²) in [6.45, 7) is 3.41. The Bertz CT molecular complexity index is 187. The fourth-order valence-corrected chi connectivity index (χ4v) is 0.297. The molecule has 0 aliphatic heterocycles. The van der Waals surface area contributed by atoms with E-state index in [-0.39, 0.29) is 5.78 Å². The molecule has 0 bridgehead atoms. The molecule has 0 N–H and O–H groups in total. The third-order valence-corrected chi connectivity index (χ3v) is 0.997. The van der Waals surface area contributed by atoms with Crippen LogP contribution in [0.3, 0.4) is 0 Å². The molecule has 0 aliphatic rings. The van der Waals surface area contributed by atoms with Crippen molar-refractivity contribution in [3.05, 3.63) is 17.2 Å². The van der Waals surface area contributed by atoms with Crippen LogP contribution in [-0.4, -0.2) is 16.8 Å². The first kappa shape index (κ1) is 7.79. The van der Waals surface area contributed by atoms with Gasteiger partial charge in [-0.05, 0) is 19.4 Å². The highest BCUT2D eigenvalue weighted by Crippen LogP contribution is 1.89. The molecule has 0 amide bonds. The molecule has 48 valence electrons. The van der Waals surface area contributed by atoms with Gasteiger partial charge in [-0.15, -0.1) is 0 Å². The Hall–Kier alpha value is -1.21. The Kier molecular flexibility index (Phi) is 3.25. The summed E-state index contributed by atoms with van der Waals surface area (Å²) in [5.41, 5.74) is 8.48. The van der Waals surface area contributed by atoms with Crippen LogP contribution in [0.4, 0.5) is 0 Å². The lowest BCUT2D eigenvalue weighted by Crippen LogP contribution is -2.00. The maximum Gasteiger partial charge on any atom is 0.327 e. The highest BCUT2D eigenvalue weighted by molar-refractivity contribution is 6.32. The molecule has 0 unspecified atom stereocenters. The summed E-state index contributed by atoms with van der Waals surface area (Å²) in [6.07, 6.45) is 2.53. The molecule has 0 aromatic heterocycles. The van der Waals surface area contributed by atoms with Crippen molar-refractivity contribution in [2.75, 3.05) is 0 Å². The molecule has 0 aromatic carbocycles. The quantitative estimate of drug-likeness (QED) is 0.233. The average molecular weight is 124 g/mol. The molecular formula is C6H8N2O. The van der Waals surface area contributed by atoms with E-state index >= 15 is 0 Å². The Morgan fingerprint density at radius 3 is 2.56 bits per heavy atom. The highest BCUT2D eigenvalue weighted by atomic mass is 16.1. The summed E-state index contributed by atoms with van der Waals surface area (Å²) in [5, 5.41) is 0. The first-order valence-corrected chi connectivity index (χ1v) is 2.57. The van der Waals surface area contributed by atoms with Gasteiger partial charge in [0, 0.05) is 0 Å². The minimum absolute atomic E-state index is 0.264. The van der Waals surface area contributed by atoms with Crippen LogP contribution in [-0.2, 0) is 4.79 Å². The van der Waals surface area contributed by atoms with Crippen molar-refractivity contribution in [3.8, 4) is 0 Å². The van der Waals surface area contributed by atoms with E-state index in [2.05, 4.69) is 4.79 Å². The zero-order chi connectivity index (χ0) is 7.28. The summed E-state index contributed by atoms with van der Waals surface area (Å²) >= 11 is 0. The van der Waals surface area contributed by atoms with Gasteiger partial charge >= 0.3 is 6.21 Å². The first-order chi connectivity index (χ1) is 4.22. The minimum atomic E-state index is -0.264. The lowest BCUT2D eigenvalue weighted by atomic mass is 10.2. The average Bonchev–Trinajstić information content (AvgIpc) is 1.87. The van der Waals surface area contributed by atoms with E-state index < -0.39 is 0 Å². The van der Waals surface area contributed by atoms with E-state index in [1.807, 2.05) is 0 Å². The van der Waals surface area contributed by atoms with Gasteiger partial charge in [-0.2, -0.15) is 4.79 Å². The van der Waals surface area contributed by atoms with Gasteiger partial charge in [0.2, 0.25) is 0 Å². The predicted octanol–water partition coefficient (Wildman–Crippen LogP) is 0.822. The molecule has 9 heavy (non-hydrogen) atoms. The van der Waals surface area contributed by atoms with Crippen molar-refractivity contribution >= 4 is 12.0 Å². The lowest BCUT2D eigenvalue weighted by Gasteiger charge is -1.82. The number of ketones is 1. The minimum Gasteiger partial charge on any atom is -0.361 e. The summed E-state index contributed by atoms with van der Waals surface area (Å²) in [6, 6.07) is 0. The maximum absolute atomic E-state index is 10.6. The van der Waals surface area contributed by atoms with Crippen LogP contribution in [0.15, 0.2) is 11.6 Å². The number of nitrogens with zero attached hydrogens (tertiary/aromatic N) is 2. The van der Waals surface area contributed by atoms with Crippen molar-refractivity contribution in [2.45, 2.75) is 13.8 Å². The monoisotopic (exact) mass is 124 g/mol. The topological polar surface area (TPSA) is 53.5 Å². The van der Waals surface area contributed by atoms with Gasteiger partial charge < -0.3 is 5.53 Å². The molecule has 0 atom stereocenters. The standard InChI is InChI=1S/C6H8N2O/c1-3-5(2)6(9)4-8-7/h3-4H,1-2H3/b5-3+. The van der Waals surface area contributed by atoms with Gasteiger partial charge in [0.1, 0.15) is 0 Å². The molecule has 0 radical (unpaired) electrons. The first-order valence-electron chi connectivity index (χ1n) is 2.57. The van der Waals surface area contributed by atoms with E-state index in [0.29, 0.717) is 5.57 Å². The second-order valence-electron chi connectivity index (χ2n) is 1.58. The molecule has 0 heterocycles. The number of carbonyl (C=O) groups is 1. The molecule has 3 nitrogen and oxygen atoms in total. The maximum atomic E-state index is 10.6.